The number of amides is 4. The van der Waals surface area contributed by atoms with Crippen LogP contribution in [0.2, 0.25) is 0 Å². The Labute approximate surface area is 203 Å². The highest BCUT2D eigenvalue weighted by atomic mass is 16.4. The second kappa shape index (κ2) is 14.7. The maximum Gasteiger partial charge on any atom is 0.326 e. The Kier molecular flexibility index (Phi) is 12.4. The van der Waals surface area contributed by atoms with Crippen LogP contribution in [-0.4, -0.2) is 75.4 Å². The Bertz CT molecular complexity index is 860. The van der Waals surface area contributed by atoms with Gasteiger partial charge in [0.1, 0.15) is 18.1 Å². The summed E-state index contributed by atoms with van der Waals surface area (Å²) >= 11 is 0. The minimum atomic E-state index is -1.26. The average Bonchev–Trinajstić information content (AvgIpc) is 3.28. The summed E-state index contributed by atoms with van der Waals surface area (Å²) in [5.74, 6) is -4.52. The van der Waals surface area contributed by atoms with Gasteiger partial charge in [-0.05, 0) is 31.7 Å². The van der Waals surface area contributed by atoms with Crippen LogP contribution in [0.3, 0.4) is 0 Å². The van der Waals surface area contributed by atoms with E-state index in [4.69, 9.17) is 17.2 Å². The lowest BCUT2D eigenvalue weighted by Gasteiger charge is -2.27. The zero-order valence-electron chi connectivity index (χ0n) is 20.0. The maximum atomic E-state index is 13.0. The number of carbonyl (C=O) groups excluding carboxylic acids is 4. The largest absolute Gasteiger partial charge is 0.480 e. The number of primary amides is 1. The van der Waals surface area contributed by atoms with Gasteiger partial charge in [-0.15, -0.1) is 0 Å². The molecule has 35 heavy (non-hydrogen) atoms. The highest BCUT2D eigenvalue weighted by Gasteiger charge is 2.32. The van der Waals surface area contributed by atoms with Crippen LogP contribution in [0.15, 0.2) is 12.5 Å². The van der Waals surface area contributed by atoms with Crippen molar-refractivity contribution in [3.63, 3.8) is 0 Å². The average molecular weight is 497 g/mol. The van der Waals surface area contributed by atoms with E-state index >= 15 is 0 Å². The predicted molar refractivity (Wildman–Crippen MR) is 125 cm³/mol. The molecule has 4 amide bonds. The van der Waals surface area contributed by atoms with Gasteiger partial charge in [-0.3, -0.25) is 19.2 Å². The van der Waals surface area contributed by atoms with Crippen LogP contribution in [0.25, 0.3) is 0 Å². The van der Waals surface area contributed by atoms with Crippen molar-refractivity contribution >= 4 is 29.6 Å². The molecule has 14 heteroatoms. The van der Waals surface area contributed by atoms with Crippen LogP contribution >= 0.6 is 0 Å². The molecule has 4 unspecified atom stereocenters. The number of H-pyrrole nitrogens is 1. The minimum absolute atomic E-state index is 0.0324. The lowest BCUT2D eigenvalue weighted by molar-refractivity contribution is -0.142. The Morgan fingerprint density at radius 3 is 2.20 bits per heavy atom. The molecule has 4 atom stereocenters. The summed E-state index contributed by atoms with van der Waals surface area (Å²) in [5.41, 5.74) is 16.8. The van der Waals surface area contributed by atoms with E-state index < -0.39 is 66.1 Å². The number of nitrogens with zero attached hydrogens (tertiary/aromatic N) is 1. The van der Waals surface area contributed by atoms with Crippen LogP contribution in [0.5, 0.6) is 0 Å². The van der Waals surface area contributed by atoms with E-state index in [-0.39, 0.29) is 12.8 Å². The summed E-state index contributed by atoms with van der Waals surface area (Å²) < 4.78 is 0. The van der Waals surface area contributed by atoms with Gasteiger partial charge in [-0.1, -0.05) is 13.8 Å². The van der Waals surface area contributed by atoms with Gasteiger partial charge in [-0.25, -0.2) is 9.78 Å². The number of aromatic nitrogens is 2. The summed E-state index contributed by atoms with van der Waals surface area (Å²) in [6, 6.07) is -4.63. The van der Waals surface area contributed by atoms with Crippen molar-refractivity contribution in [1.29, 1.82) is 0 Å². The number of carboxylic acid groups (broad SMARTS) is 1. The number of hydrogen-bond acceptors (Lipinski definition) is 8. The number of carboxylic acids is 1. The molecule has 0 saturated heterocycles. The highest BCUT2D eigenvalue weighted by molar-refractivity contribution is 5.95. The second-order valence-corrected chi connectivity index (χ2v) is 8.53. The monoisotopic (exact) mass is 496 g/mol. The van der Waals surface area contributed by atoms with Crippen molar-refractivity contribution in [2.45, 2.75) is 70.1 Å². The number of carbonyl (C=O) groups is 5. The van der Waals surface area contributed by atoms with Crippen LogP contribution in [0.1, 0.15) is 45.2 Å². The molecule has 196 valence electrons. The first-order valence-corrected chi connectivity index (χ1v) is 11.3. The fourth-order valence-electron chi connectivity index (χ4n) is 3.22. The number of nitrogens with two attached hydrogens (primary N) is 3. The van der Waals surface area contributed by atoms with Crippen LogP contribution < -0.4 is 33.2 Å². The molecule has 0 saturated carbocycles. The Balaban J connectivity index is 2.93. The van der Waals surface area contributed by atoms with Crippen LogP contribution in [0.4, 0.5) is 0 Å². The van der Waals surface area contributed by atoms with E-state index in [1.54, 1.807) is 13.8 Å². The van der Waals surface area contributed by atoms with E-state index in [2.05, 4.69) is 25.9 Å². The molecular formula is C21H36N8O6. The quantitative estimate of drug-likeness (QED) is 0.112. The second-order valence-electron chi connectivity index (χ2n) is 8.53. The van der Waals surface area contributed by atoms with Crippen LogP contribution in [-0.2, 0) is 30.4 Å². The van der Waals surface area contributed by atoms with E-state index in [0.29, 0.717) is 25.1 Å². The van der Waals surface area contributed by atoms with Gasteiger partial charge in [0.05, 0.1) is 18.8 Å². The van der Waals surface area contributed by atoms with E-state index in [9.17, 15) is 29.1 Å². The third-order valence-electron chi connectivity index (χ3n) is 5.18. The summed E-state index contributed by atoms with van der Waals surface area (Å²) in [5, 5.41) is 17.0. The van der Waals surface area contributed by atoms with E-state index in [1.165, 1.54) is 12.5 Å². The fourth-order valence-corrected chi connectivity index (χ4v) is 3.22. The van der Waals surface area contributed by atoms with Crippen molar-refractivity contribution in [3.05, 3.63) is 18.2 Å². The molecule has 1 rings (SSSR count). The molecule has 0 radical (unpaired) electrons. The highest BCUT2D eigenvalue weighted by Crippen LogP contribution is 2.08. The van der Waals surface area contributed by atoms with Gasteiger partial charge in [0.25, 0.3) is 0 Å². The van der Waals surface area contributed by atoms with Gasteiger partial charge in [-0.2, -0.15) is 0 Å². The van der Waals surface area contributed by atoms with Gasteiger partial charge in [0.15, 0.2) is 0 Å². The first-order chi connectivity index (χ1) is 16.5. The fraction of sp³-hybridized carbons (Fsp3) is 0.619. The number of aromatic amines is 1. The maximum absolute atomic E-state index is 13.0. The number of aliphatic carboxylic acids is 1. The SMILES string of the molecule is CC(C)C(NC(=O)C(CCCCN)NC(=O)C(N)CC(N)=O)C(=O)NC(Cc1cnc[nH]1)C(=O)O. The number of rotatable bonds is 16. The molecular weight excluding hydrogens is 460 g/mol. The minimum Gasteiger partial charge on any atom is -0.480 e. The van der Waals surface area contributed by atoms with Gasteiger partial charge >= 0.3 is 5.97 Å². The molecule has 0 spiro atoms. The van der Waals surface area contributed by atoms with Gasteiger partial charge < -0.3 is 43.2 Å². The standard InChI is InChI=1S/C21H36N8O6/c1-11(2)17(20(33)28-15(21(34)35)7-12-9-25-10-26-12)29-19(32)14(5-3-4-6-22)27-18(31)13(23)8-16(24)30/h9-11,13-15,17H,3-8,22-23H2,1-2H3,(H2,24,30)(H,25,26)(H,27,31)(H,28,33)(H,29,32)(H,34,35). The van der Waals surface area contributed by atoms with Crippen LogP contribution in [0, 0.1) is 5.92 Å². The molecule has 0 aliphatic heterocycles. The summed E-state index contributed by atoms with van der Waals surface area (Å²) in [6.45, 7) is 3.74. The van der Waals surface area contributed by atoms with Crippen molar-refractivity contribution in [2.24, 2.45) is 23.1 Å². The molecule has 14 nitrogen and oxygen atoms in total. The Morgan fingerprint density at radius 2 is 1.69 bits per heavy atom. The zero-order valence-corrected chi connectivity index (χ0v) is 20.0. The molecule has 11 N–H and O–H groups in total. The summed E-state index contributed by atoms with van der Waals surface area (Å²) in [4.78, 5) is 67.6. The molecule has 0 bridgehead atoms. The zero-order chi connectivity index (χ0) is 26.5. The Hall–Kier alpha value is -3.52. The smallest absolute Gasteiger partial charge is 0.326 e. The van der Waals surface area contributed by atoms with Crippen molar-refractivity contribution in [1.82, 2.24) is 25.9 Å². The van der Waals surface area contributed by atoms with E-state index in [0.717, 1.165) is 0 Å². The number of imidazole rings is 1. The lowest BCUT2D eigenvalue weighted by atomic mass is 10.0. The number of nitrogens with one attached hydrogen (secondary N) is 4. The van der Waals surface area contributed by atoms with Crippen molar-refractivity contribution in [3.8, 4) is 0 Å². The predicted octanol–water partition coefficient (Wildman–Crippen LogP) is -2.52. The number of hydrogen-bond donors (Lipinski definition) is 8. The van der Waals surface area contributed by atoms with Gasteiger partial charge in [0.2, 0.25) is 23.6 Å². The molecule has 1 heterocycles. The summed E-state index contributed by atoms with van der Waals surface area (Å²) in [6.07, 6.45) is 3.71. The first-order valence-electron chi connectivity index (χ1n) is 11.3. The molecule has 0 aromatic carbocycles. The van der Waals surface area contributed by atoms with Crippen molar-refractivity contribution in [2.75, 3.05) is 6.54 Å². The first kappa shape index (κ1) is 29.5. The lowest BCUT2D eigenvalue weighted by Crippen LogP contribution is -2.58. The third-order valence-corrected chi connectivity index (χ3v) is 5.18. The normalized spacial score (nSPS) is 14.4. The van der Waals surface area contributed by atoms with E-state index in [1.807, 2.05) is 0 Å². The molecule has 0 fully saturated rings. The molecule has 0 aliphatic rings. The molecule has 1 aromatic rings. The van der Waals surface area contributed by atoms with Crippen molar-refractivity contribution < 1.29 is 29.1 Å². The summed E-state index contributed by atoms with van der Waals surface area (Å²) in [7, 11) is 0. The third kappa shape index (κ3) is 10.5. The Morgan fingerprint density at radius 1 is 1.03 bits per heavy atom. The molecule has 0 aliphatic carbocycles. The molecule has 1 aromatic heterocycles. The van der Waals surface area contributed by atoms with Gasteiger partial charge in [0, 0.05) is 18.3 Å². The topological polar surface area (TPSA) is 248 Å². The number of unbranched alkanes of at least 4 members (excludes halogenated alkanes) is 1.